The van der Waals surface area contributed by atoms with Gasteiger partial charge in [0.15, 0.2) is 0 Å². The van der Waals surface area contributed by atoms with Crippen LogP contribution in [-0.4, -0.2) is 49.4 Å². The summed E-state index contributed by atoms with van der Waals surface area (Å²) >= 11 is 0. The van der Waals surface area contributed by atoms with E-state index in [1.54, 1.807) is 73.7 Å². The van der Waals surface area contributed by atoms with E-state index in [0.29, 0.717) is 91.8 Å². The molecule has 1 atom stereocenters. The van der Waals surface area contributed by atoms with Crippen LogP contribution in [0.3, 0.4) is 0 Å². The number of carbonyl (C=O) groups excluding carboxylic acids is 3. The molecular formula is C35H38O10. The van der Waals surface area contributed by atoms with Gasteiger partial charge in [-0.3, -0.25) is 0 Å². The van der Waals surface area contributed by atoms with Crippen LogP contribution in [0.1, 0.15) is 53.5 Å². The molecule has 1 N–H and O–H groups in total. The predicted octanol–water partition coefficient (Wildman–Crippen LogP) is 6.06. The van der Waals surface area contributed by atoms with Crippen molar-refractivity contribution in [2.45, 2.75) is 38.9 Å². The van der Waals surface area contributed by atoms with Crippen LogP contribution in [0.25, 0.3) is 0 Å². The van der Waals surface area contributed by atoms with Gasteiger partial charge in [0.1, 0.15) is 23.0 Å². The summed E-state index contributed by atoms with van der Waals surface area (Å²) in [5, 5.41) is 10.6. The lowest BCUT2D eigenvalue weighted by molar-refractivity contribution is -0.138. The second kappa shape index (κ2) is 18.5. The summed E-state index contributed by atoms with van der Waals surface area (Å²) in [5.41, 5.74) is 1.56. The van der Waals surface area contributed by atoms with Gasteiger partial charge in [0.2, 0.25) is 6.29 Å². The molecule has 0 radical (unpaired) electrons. The molecule has 1 unspecified atom stereocenters. The summed E-state index contributed by atoms with van der Waals surface area (Å²) in [6, 6.07) is 18.3. The number of aliphatic hydroxyl groups is 1. The Morgan fingerprint density at radius 1 is 0.711 bits per heavy atom. The molecule has 3 aromatic carbocycles. The van der Waals surface area contributed by atoms with Crippen LogP contribution in [0.2, 0.25) is 0 Å². The molecule has 0 spiro atoms. The van der Waals surface area contributed by atoms with Crippen LogP contribution in [0.5, 0.6) is 23.0 Å². The Morgan fingerprint density at radius 2 is 1.20 bits per heavy atom. The smallest absolute Gasteiger partial charge is 0.343 e. The first kappa shape index (κ1) is 34.4. The molecule has 0 amide bonds. The third-order valence-corrected chi connectivity index (χ3v) is 6.29. The second-order valence-electron chi connectivity index (χ2n) is 9.73. The lowest BCUT2D eigenvalue weighted by atomic mass is 10.2. The molecule has 10 heteroatoms. The number of aryl methyl sites for hydroxylation is 1. The Balaban J connectivity index is 1.41. The highest BCUT2D eigenvalue weighted by molar-refractivity contribution is 5.91. The number of unbranched alkanes of at least 4 members (excludes halogenated alkanes) is 2. The van der Waals surface area contributed by atoms with Crippen molar-refractivity contribution in [1.29, 1.82) is 0 Å². The summed E-state index contributed by atoms with van der Waals surface area (Å²) in [4.78, 5) is 34.7. The summed E-state index contributed by atoms with van der Waals surface area (Å²) in [5.74, 6) is 0.586. The van der Waals surface area contributed by atoms with Gasteiger partial charge in [-0.25, -0.2) is 14.4 Å². The number of hydrogen-bond donors (Lipinski definition) is 1. The molecule has 0 aromatic heterocycles. The van der Waals surface area contributed by atoms with Gasteiger partial charge in [0.05, 0.1) is 32.0 Å². The fourth-order valence-corrected chi connectivity index (χ4v) is 3.84. The standard InChI is InChI=1S/C35H38O10/c1-4-32(36)42-22-8-6-20-40-28-14-10-26(11-15-28)34(38)44-30-18-19-31(25(3)24-30)45-35(39)27-12-16-29(17-13-27)41-21-7-9-23-43-33(37)5-2/h4-5,10-19,24,35,39H,1-2,6-9,20-23H2,3H3. The molecule has 3 aromatic rings. The minimum atomic E-state index is -1.22. The van der Waals surface area contributed by atoms with Crippen LogP contribution in [0, 0.1) is 6.92 Å². The molecule has 0 aliphatic rings. The molecular weight excluding hydrogens is 580 g/mol. The van der Waals surface area contributed by atoms with Crippen molar-refractivity contribution in [2.75, 3.05) is 26.4 Å². The maximum absolute atomic E-state index is 12.7. The summed E-state index contributed by atoms with van der Waals surface area (Å²) in [7, 11) is 0. The quantitative estimate of drug-likeness (QED) is 0.0557. The first-order valence-corrected chi connectivity index (χ1v) is 14.5. The molecule has 0 bridgehead atoms. The van der Waals surface area contributed by atoms with Gasteiger partial charge in [-0.2, -0.15) is 0 Å². The molecule has 0 aliphatic heterocycles. The fourth-order valence-electron chi connectivity index (χ4n) is 3.84. The van der Waals surface area contributed by atoms with E-state index in [1.807, 2.05) is 0 Å². The van der Waals surface area contributed by atoms with Crippen LogP contribution < -0.4 is 18.9 Å². The molecule has 10 nitrogen and oxygen atoms in total. The monoisotopic (exact) mass is 618 g/mol. The van der Waals surface area contributed by atoms with Crippen molar-refractivity contribution >= 4 is 17.9 Å². The van der Waals surface area contributed by atoms with Crippen molar-refractivity contribution in [3.05, 3.63) is 109 Å². The van der Waals surface area contributed by atoms with Crippen LogP contribution in [0.4, 0.5) is 0 Å². The van der Waals surface area contributed by atoms with Gasteiger partial charge in [0.25, 0.3) is 0 Å². The number of aliphatic hydroxyl groups excluding tert-OH is 1. The van der Waals surface area contributed by atoms with Gasteiger partial charge >= 0.3 is 17.9 Å². The number of rotatable bonds is 19. The fraction of sp³-hybridized carbons (Fsp3) is 0.286. The summed E-state index contributed by atoms with van der Waals surface area (Å²) in [6.45, 7) is 9.99. The van der Waals surface area contributed by atoms with E-state index in [1.165, 1.54) is 0 Å². The Bertz CT molecular complexity index is 1410. The zero-order valence-corrected chi connectivity index (χ0v) is 25.3. The number of carbonyl (C=O) groups is 3. The van der Waals surface area contributed by atoms with E-state index < -0.39 is 24.2 Å². The van der Waals surface area contributed by atoms with E-state index in [9.17, 15) is 19.5 Å². The lowest BCUT2D eigenvalue weighted by Crippen LogP contribution is -2.10. The zero-order valence-electron chi connectivity index (χ0n) is 25.3. The highest BCUT2D eigenvalue weighted by atomic mass is 16.6. The minimum absolute atomic E-state index is 0.303. The van der Waals surface area contributed by atoms with Gasteiger partial charge in [0, 0.05) is 17.7 Å². The Labute approximate surface area is 262 Å². The molecule has 0 saturated heterocycles. The van der Waals surface area contributed by atoms with E-state index in [2.05, 4.69) is 13.2 Å². The average Bonchev–Trinajstić information content (AvgIpc) is 3.05. The molecule has 238 valence electrons. The van der Waals surface area contributed by atoms with Crippen molar-refractivity contribution in [3.63, 3.8) is 0 Å². The van der Waals surface area contributed by atoms with Crippen molar-refractivity contribution in [3.8, 4) is 23.0 Å². The molecule has 0 aliphatic carbocycles. The SMILES string of the molecule is C=CC(=O)OCCCCOc1ccc(C(=O)Oc2ccc(OC(O)c3ccc(OCCCCOC(=O)C=C)cc3)c(C)c2)cc1. The topological polar surface area (TPSA) is 127 Å². The molecule has 0 saturated carbocycles. The Kier molecular flexibility index (Phi) is 14.2. The third kappa shape index (κ3) is 12.2. The molecule has 0 heterocycles. The molecule has 3 rings (SSSR count). The van der Waals surface area contributed by atoms with E-state index >= 15 is 0 Å². The van der Waals surface area contributed by atoms with Crippen molar-refractivity contribution in [2.24, 2.45) is 0 Å². The van der Waals surface area contributed by atoms with Crippen LogP contribution in [-0.2, 0) is 19.1 Å². The zero-order chi connectivity index (χ0) is 32.4. The maximum Gasteiger partial charge on any atom is 0.343 e. The van der Waals surface area contributed by atoms with Gasteiger partial charge in [-0.1, -0.05) is 13.2 Å². The number of hydrogen-bond acceptors (Lipinski definition) is 10. The molecule has 45 heavy (non-hydrogen) atoms. The van der Waals surface area contributed by atoms with Crippen LogP contribution >= 0.6 is 0 Å². The number of ether oxygens (including phenoxy) is 6. The summed E-state index contributed by atoms with van der Waals surface area (Å²) in [6.07, 6.45) is 3.78. The number of esters is 3. The number of benzene rings is 3. The van der Waals surface area contributed by atoms with Crippen LogP contribution in [0.15, 0.2) is 92.0 Å². The normalized spacial score (nSPS) is 11.1. The first-order valence-electron chi connectivity index (χ1n) is 14.5. The van der Waals surface area contributed by atoms with E-state index in [0.717, 1.165) is 12.2 Å². The van der Waals surface area contributed by atoms with E-state index in [-0.39, 0.29) is 0 Å². The van der Waals surface area contributed by atoms with Crippen molar-refractivity contribution in [1.82, 2.24) is 0 Å². The lowest BCUT2D eigenvalue weighted by Gasteiger charge is -2.17. The Morgan fingerprint density at radius 3 is 1.71 bits per heavy atom. The second-order valence-corrected chi connectivity index (χ2v) is 9.73. The summed E-state index contributed by atoms with van der Waals surface area (Å²) < 4.78 is 32.4. The van der Waals surface area contributed by atoms with E-state index in [4.69, 9.17) is 28.4 Å². The van der Waals surface area contributed by atoms with Gasteiger partial charge < -0.3 is 33.5 Å². The average molecular weight is 619 g/mol. The Hall–Kier alpha value is -5.09. The highest BCUT2D eigenvalue weighted by Crippen LogP contribution is 2.28. The van der Waals surface area contributed by atoms with Gasteiger partial charge in [-0.05, 0) is 105 Å². The predicted molar refractivity (Wildman–Crippen MR) is 166 cm³/mol. The van der Waals surface area contributed by atoms with Gasteiger partial charge in [-0.15, -0.1) is 0 Å². The van der Waals surface area contributed by atoms with Crippen molar-refractivity contribution < 1.29 is 47.9 Å². The third-order valence-electron chi connectivity index (χ3n) is 6.29. The maximum atomic E-state index is 12.7. The first-order chi connectivity index (χ1) is 21.8. The largest absolute Gasteiger partial charge is 0.494 e. The highest BCUT2D eigenvalue weighted by Gasteiger charge is 2.14. The molecule has 0 fully saturated rings. The minimum Gasteiger partial charge on any atom is -0.494 e.